The van der Waals surface area contributed by atoms with Gasteiger partial charge < -0.3 is 5.32 Å². The number of para-hydroxylation sites is 1. The number of nitrogens with zero attached hydrogens (tertiary/aromatic N) is 3. The fourth-order valence-electron chi connectivity index (χ4n) is 3.98. The van der Waals surface area contributed by atoms with E-state index in [1.807, 2.05) is 6.07 Å². The number of benzene rings is 1. The number of rotatable bonds is 4. The van der Waals surface area contributed by atoms with Crippen molar-refractivity contribution in [2.24, 2.45) is 0 Å². The molecule has 27 heavy (non-hydrogen) atoms. The molecule has 8 heteroatoms. The van der Waals surface area contributed by atoms with Crippen molar-refractivity contribution in [2.75, 3.05) is 5.32 Å². The summed E-state index contributed by atoms with van der Waals surface area (Å²) in [6, 6.07) is 7.07. The van der Waals surface area contributed by atoms with Crippen molar-refractivity contribution in [2.45, 2.75) is 57.0 Å². The summed E-state index contributed by atoms with van der Waals surface area (Å²) >= 11 is 0. The third-order valence-corrected chi connectivity index (χ3v) is 5.31. The number of halogens is 2. The normalized spacial score (nSPS) is 23.4. The van der Waals surface area contributed by atoms with Crippen LogP contribution in [0.4, 0.5) is 14.6 Å². The van der Waals surface area contributed by atoms with Gasteiger partial charge in [0.05, 0.1) is 5.52 Å². The van der Waals surface area contributed by atoms with Gasteiger partial charge in [-0.05, 0) is 37.8 Å². The molecule has 2 aromatic rings. The van der Waals surface area contributed by atoms with Crippen LogP contribution < -0.4 is 5.32 Å². The Kier molecular flexibility index (Phi) is 4.72. The molecule has 1 saturated carbocycles. The van der Waals surface area contributed by atoms with Gasteiger partial charge in [-0.3, -0.25) is 14.5 Å². The summed E-state index contributed by atoms with van der Waals surface area (Å²) in [5, 5.41) is 3.98. The van der Waals surface area contributed by atoms with Crippen molar-refractivity contribution in [1.29, 1.82) is 0 Å². The number of likely N-dealkylation sites (tertiary alicyclic amines) is 1. The van der Waals surface area contributed by atoms with Crippen molar-refractivity contribution in [1.82, 2.24) is 14.9 Å². The van der Waals surface area contributed by atoms with Gasteiger partial charge in [0, 0.05) is 30.3 Å². The molecule has 142 valence electrons. The average Bonchev–Trinajstić information content (AvgIpc) is 3.00. The van der Waals surface area contributed by atoms with E-state index in [-0.39, 0.29) is 23.9 Å². The van der Waals surface area contributed by atoms with E-state index in [9.17, 15) is 18.4 Å². The molecule has 1 saturated heterocycles. The lowest BCUT2D eigenvalue weighted by molar-refractivity contribution is -0.141. The predicted molar refractivity (Wildman–Crippen MR) is 95.2 cm³/mol. The van der Waals surface area contributed by atoms with Gasteiger partial charge in [0.15, 0.2) is 5.82 Å². The summed E-state index contributed by atoms with van der Waals surface area (Å²) in [5.41, 5.74) is 0.479. The Labute approximate surface area is 155 Å². The molecule has 1 aromatic carbocycles. The molecule has 0 radical (unpaired) electrons. The van der Waals surface area contributed by atoms with Gasteiger partial charge in [0.1, 0.15) is 5.82 Å². The van der Waals surface area contributed by atoms with E-state index in [2.05, 4.69) is 15.3 Å². The van der Waals surface area contributed by atoms with Crippen LogP contribution in [0.2, 0.25) is 0 Å². The fraction of sp³-hybridized carbons (Fsp3) is 0.474. The maximum atomic E-state index is 13.1. The fourth-order valence-corrected chi connectivity index (χ4v) is 3.98. The highest BCUT2D eigenvalue weighted by atomic mass is 19.3. The van der Waals surface area contributed by atoms with E-state index in [1.54, 1.807) is 18.2 Å². The van der Waals surface area contributed by atoms with Crippen molar-refractivity contribution in [3.8, 4) is 0 Å². The quantitative estimate of drug-likeness (QED) is 0.830. The van der Waals surface area contributed by atoms with Crippen LogP contribution in [0.15, 0.2) is 24.3 Å². The summed E-state index contributed by atoms with van der Waals surface area (Å²) in [4.78, 5) is 33.2. The van der Waals surface area contributed by atoms with Gasteiger partial charge >= 0.3 is 0 Å². The molecular formula is C19H20F2N4O2. The van der Waals surface area contributed by atoms with Crippen LogP contribution in [0.1, 0.15) is 50.8 Å². The van der Waals surface area contributed by atoms with Gasteiger partial charge in [-0.2, -0.15) is 0 Å². The Balaban J connectivity index is 1.49. The van der Waals surface area contributed by atoms with Gasteiger partial charge in [0.25, 0.3) is 6.43 Å². The monoisotopic (exact) mass is 374 g/mol. The highest BCUT2D eigenvalue weighted by molar-refractivity contribution is 6.02. The smallest absolute Gasteiger partial charge is 0.297 e. The average molecular weight is 374 g/mol. The van der Waals surface area contributed by atoms with Gasteiger partial charge in [-0.1, -0.05) is 12.1 Å². The molecule has 0 unspecified atom stereocenters. The summed E-state index contributed by atoms with van der Waals surface area (Å²) in [5.74, 6) is -0.245. The lowest BCUT2D eigenvalue weighted by Gasteiger charge is -2.34. The van der Waals surface area contributed by atoms with E-state index in [0.717, 1.165) is 12.8 Å². The Morgan fingerprint density at radius 3 is 2.33 bits per heavy atom. The zero-order valence-electron chi connectivity index (χ0n) is 14.7. The summed E-state index contributed by atoms with van der Waals surface area (Å²) in [6.45, 7) is 0. The number of hydrogen-bond donors (Lipinski definition) is 1. The van der Waals surface area contributed by atoms with Crippen molar-refractivity contribution >= 4 is 28.5 Å². The maximum Gasteiger partial charge on any atom is 0.297 e. The Morgan fingerprint density at radius 2 is 1.67 bits per heavy atom. The van der Waals surface area contributed by atoms with Gasteiger partial charge in [-0.15, -0.1) is 0 Å². The number of aromatic nitrogens is 2. The number of amides is 2. The Morgan fingerprint density at radius 1 is 1.00 bits per heavy atom. The van der Waals surface area contributed by atoms with E-state index >= 15 is 0 Å². The molecule has 1 aromatic heterocycles. The zero-order valence-corrected chi connectivity index (χ0v) is 14.7. The molecule has 2 aliphatic rings. The SMILES string of the molecule is O=C1CCC(=O)N1C1CCC(Nc2nc(C(F)F)nc3ccccc23)CC1. The largest absolute Gasteiger partial charge is 0.367 e. The zero-order chi connectivity index (χ0) is 19.0. The topological polar surface area (TPSA) is 75.2 Å². The van der Waals surface area contributed by atoms with Crippen molar-refractivity contribution in [3.63, 3.8) is 0 Å². The number of carbonyl (C=O) groups is 2. The molecule has 2 amide bonds. The number of imide groups is 1. The molecule has 0 atom stereocenters. The summed E-state index contributed by atoms with van der Waals surface area (Å²) in [6.07, 6.45) is 0.771. The van der Waals surface area contributed by atoms with E-state index in [0.29, 0.717) is 42.4 Å². The highest BCUT2D eigenvalue weighted by Crippen LogP contribution is 2.31. The van der Waals surface area contributed by atoms with E-state index in [1.165, 1.54) is 4.90 Å². The first-order chi connectivity index (χ1) is 13.0. The van der Waals surface area contributed by atoms with Crippen LogP contribution in [0, 0.1) is 0 Å². The molecule has 1 aliphatic heterocycles. The molecule has 1 N–H and O–H groups in total. The highest BCUT2D eigenvalue weighted by Gasteiger charge is 2.37. The second kappa shape index (κ2) is 7.17. The molecule has 6 nitrogen and oxygen atoms in total. The van der Waals surface area contributed by atoms with Crippen molar-refractivity contribution in [3.05, 3.63) is 30.1 Å². The molecular weight excluding hydrogens is 354 g/mol. The summed E-state index contributed by atoms with van der Waals surface area (Å²) in [7, 11) is 0. The van der Waals surface area contributed by atoms with E-state index < -0.39 is 12.2 Å². The number of hydrogen-bond acceptors (Lipinski definition) is 5. The third kappa shape index (κ3) is 3.48. The second-order valence-corrected chi connectivity index (χ2v) is 7.06. The molecule has 0 spiro atoms. The lowest BCUT2D eigenvalue weighted by atomic mass is 9.90. The first kappa shape index (κ1) is 17.8. The number of nitrogens with one attached hydrogen (secondary N) is 1. The Hall–Kier alpha value is -2.64. The molecule has 2 fully saturated rings. The molecule has 0 bridgehead atoms. The van der Waals surface area contributed by atoms with Crippen LogP contribution in [-0.4, -0.2) is 38.8 Å². The standard InChI is InChI=1S/C19H20F2N4O2/c20-17(21)19-23-14-4-2-1-3-13(14)18(24-19)22-11-5-7-12(8-6-11)25-15(26)9-10-16(25)27/h1-4,11-12,17H,5-10H2,(H,22,23,24). The number of carbonyl (C=O) groups excluding carboxylic acids is 2. The van der Waals surface area contributed by atoms with E-state index in [4.69, 9.17) is 0 Å². The lowest BCUT2D eigenvalue weighted by Crippen LogP contribution is -2.43. The second-order valence-electron chi connectivity index (χ2n) is 7.06. The van der Waals surface area contributed by atoms with Gasteiger partial charge in [-0.25, -0.2) is 18.7 Å². The number of fused-ring (bicyclic) bond motifs is 1. The predicted octanol–water partition coefficient (Wildman–Crippen LogP) is 3.44. The number of alkyl halides is 2. The minimum atomic E-state index is -2.74. The minimum absolute atomic E-state index is 0.0516. The van der Waals surface area contributed by atoms with Crippen LogP contribution >= 0.6 is 0 Å². The molecule has 2 heterocycles. The maximum absolute atomic E-state index is 13.1. The van der Waals surface area contributed by atoms with Crippen molar-refractivity contribution < 1.29 is 18.4 Å². The minimum Gasteiger partial charge on any atom is -0.367 e. The number of anilines is 1. The third-order valence-electron chi connectivity index (χ3n) is 5.31. The van der Waals surface area contributed by atoms with Gasteiger partial charge in [0.2, 0.25) is 11.8 Å². The molecule has 4 rings (SSSR count). The van der Waals surface area contributed by atoms with Crippen LogP contribution in [0.25, 0.3) is 10.9 Å². The van der Waals surface area contributed by atoms with Crippen LogP contribution in [0.5, 0.6) is 0 Å². The first-order valence-electron chi connectivity index (χ1n) is 9.19. The van der Waals surface area contributed by atoms with Crippen LogP contribution in [-0.2, 0) is 9.59 Å². The molecule has 1 aliphatic carbocycles. The summed E-state index contributed by atoms with van der Waals surface area (Å²) < 4.78 is 26.3. The Bertz CT molecular complexity index is 865. The first-order valence-corrected chi connectivity index (χ1v) is 9.19. The van der Waals surface area contributed by atoms with Crippen LogP contribution in [0.3, 0.4) is 0 Å².